The average Bonchev–Trinajstić information content (AvgIpc) is 2.59. The van der Waals surface area contributed by atoms with Gasteiger partial charge < -0.3 is 9.47 Å². The molecule has 0 aliphatic carbocycles. The maximum atomic E-state index is 5.51. The van der Waals surface area contributed by atoms with E-state index in [0.717, 1.165) is 11.3 Å². The van der Waals surface area contributed by atoms with Crippen molar-refractivity contribution in [2.45, 2.75) is 19.4 Å². The molecule has 16 heavy (non-hydrogen) atoms. The van der Waals surface area contributed by atoms with Crippen LogP contribution in [0.15, 0.2) is 23.2 Å². The molecule has 80 valence electrons. The van der Waals surface area contributed by atoms with Crippen molar-refractivity contribution in [3.8, 4) is 5.75 Å². The third-order valence-corrected chi connectivity index (χ3v) is 2.22. The van der Waals surface area contributed by atoms with Crippen molar-refractivity contribution in [2.75, 3.05) is 13.7 Å². The molecule has 1 aliphatic heterocycles. The number of rotatable bonds is 2. The Morgan fingerprint density at radius 1 is 1.44 bits per heavy atom. The minimum absolute atomic E-state index is 0. The largest absolute Gasteiger partial charge is 1.00 e. The zero-order chi connectivity index (χ0) is 10.9. The van der Waals surface area contributed by atoms with Crippen molar-refractivity contribution in [2.24, 2.45) is 4.99 Å². The van der Waals surface area contributed by atoms with E-state index in [1.54, 1.807) is 13.2 Å². The van der Waals surface area contributed by atoms with Crippen LogP contribution in [-0.4, -0.2) is 25.2 Å². The number of benzene rings is 1. The van der Waals surface area contributed by atoms with Gasteiger partial charge in [-0.15, -0.1) is 24.3 Å². The van der Waals surface area contributed by atoms with E-state index in [1.807, 2.05) is 26.0 Å². The first-order valence-corrected chi connectivity index (χ1v) is 4.89. The molecule has 1 aromatic carbocycles. The molecule has 0 unspecified atom stereocenters. The van der Waals surface area contributed by atoms with E-state index in [-0.39, 0.29) is 24.4 Å². The van der Waals surface area contributed by atoms with Gasteiger partial charge in [0.15, 0.2) is 0 Å². The fourth-order valence-corrected chi connectivity index (χ4v) is 1.39. The van der Waals surface area contributed by atoms with E-state index >= 15 is 0 Å². The summed E-state index contributed by atoms with van der Waals surface area (Å²) in [6, 6.07) is 8.65. The van der Waals surface area contributed by atoms with Crippen LogP contribution in [0.4, 0.5) is 0 Å². The van der Waals surface area contributed by atoms with E-state index in [2.05, 4.69) is 11.1 Å². The van der Waals surface area contributed by atoms with Gasteiger partial charge in [0.2, 0.25) is 0 Å². The van der Waals surface area contributed by atoms with Crippen LogP contribution >= 0.6 is 0 Å². The van der Waals surface area contributed by atoms with Gasteiger partial charge in [0.25, 0.3) is 0 Å². The van der Waals surface area contributed by atoms with Crippen LogP contribution in [0.5, 0.6) is 5.75 Å². The van der Waals surface area contributed by atoms with Gasteiger partial charge in [0.1, 0.15) is 12.5 Å². The van der Waals surface area contributed by atoms with Crippen LogP contribution in [0.2, 0.25) is 0 Å². The van der Waals surface area contributed by atoms with Crippen LogP contribution in [0.1, 0.15) is 19.4 Å². The standard InChI is InChI=1S/C12H14NO2.Li/c1-12(2)8-15-11(13-12)9-4-6-10(14-3)7-5-9;/h4,6-7H,8H2,1-3H3;/q-1;+1. The summed E-state index contributed by atoms with van der Waals surface area (Å²) in [6.07, 6.45) is 0. The molecule has 0 amide bonds. The van der Waals surface area contributed by atoms with Crippen molar-refractivity contribution in [1.29, 1.82) is 0 Å². The normalized spacial score (nSPS) is 17.1. The van der Waals surface area contributed by atoms with E-state index in [1.165, 1.54) is 0 Å². The smallest absolute Gasteiger partial charge is 0.540 e. The number of nitrogens with zero attached hydrogens (tertiary/aromatic N) is 1. The first-order valence-electron chi connectivity index (χ1n) is 4.89. The van der Waals surface area contributed by atoms with Crippen molar-refractivity contribution in [3.63, 3.8) is 0 Å². The molecule has 1 heterocycles. The van der Waals surface area contributed by atoms with Crippen molar-refractivity contribution in [3.05, 3.63) is 29.8 Å². The molecule has 0 fully saturated rings. The summed E-state index contributed by atoms with van der Waals surface area (Å²) in [6.45, 7) is 4.72. The fourth-order valence-electron chi connectivity index (χ4n) is 1.39. The van der Waals surface area contributed by atoms with Gasteiger partial charge in [-0.1, -0.05) is 5.56 Å². The molecule has 2 rings (SSSR count). The summed E-state index contributed by atoms with van der Waals surface area (Å²) >= 11 is 0. The fraction of sp³-hybridized carbons (Fsp3) is 0.417. The maximum absolute atomic E-state index is 5.51. The molecular formula is C12H14LiNO2. The summed E-state index contributed by atoms with van der Waals surface area (Å²) in [7, 11) is 1.63. The monoisotopic (exact) mass is 211 g/mol. The summed E-state index contributed by atoms with van der Waals surface area (Å²) < 4.78 is 10.6. The molecule has 1 aliphatic rings. The van der Waals surface area contributed by atoms with Gasteiger partial charge in [-0.25, -0.2) is 0 Å². The number of methoxy groups -OCH3 is 1. The Morgan fingerprint density at radius 2 is 2.19 bits per heavy atom. The SMILES string of the molecule is COc1c[c-]c(C2=NC(C)(C)CO2)cc1.[Li+]. The molecule has 0 saturated carbocycles. The molecule has 0 aromatic heterocycles. The zero-order valence-electron chi connectivity index (χ0n) is 10.2. The molecule has 3 nitrogen and oxygen atoms in total. The summed E-state index contributed by atoms with van der Waals surface area (Å²) in [5.74, 6) is 1.46. The maximum Gasteiger partial charge on any atom is 1.00 e. The second kappa shape index (κ2) is 4.95. The molecule has 0 atom stereocenters. The first kappa shape index (κ1) is 13.2. The number of hydrogen-bond donors (Lipinski definition) is 0. The Hall–Kier alpha value is -0.913. The van der Waals surface area contributed by atoms with Crippen LogP contribution < -0.4 is 23.6 Å². The molecular weight excluding hydrogens is 197 g/mol. The predicted molar refractivity (Wildman–Crippen MR) is 58.4 cm³/mol. The first-order chi connectivity index (χ1) is 7.11. The minimum atomic E-state index is -0.122. The Kier molecular flexibility index (Phi) is 4.07. The molecule has 0 bridgehead atoms. The van der Waals surface area contributed by atoms with Crippen LogP contribution in [0.3, 0.4) is 0 Å². The van der Waals surface area contributed by atoms with Gasteiger partial charge in [-0.2, -0.15) is 0 Å². The van der Waals surface area contributed by atoms with Gasteiger partial charge in [-0.05, 0) is 13.8 Å². The van der Waals surface area contributed by atoms with Crippen molar-refractivity contribution < 1.29 is 28.3 Å². The van der Waals surface area contributed by atoms with Crippen LogP contribution in [0.25, 0.3) is 0 Å². The van der Waals surface area contributed by atoms with E-state index in [4.69, 9.17) is 9.47 Å². The second-order valence-electron chi connectivity index (χ2n) is 4.16. The van der Waals surface area contributed by atoms with Crippen LogP contribution in [-0.2, 0) is 4.74 Å². The summed E-state index contributed by atoms with van der Waals surface area (Å²) in [5.41, 5.74) is 0.754. The number of ether oxygens (including phenoxy) is 2. The Bertz CT molecular complexity index is 385. The molecule has 1 aromatic rings. The molecule has 0 radical (unpaired) electrons. The number of aliphatic imine (C=N–C) groups is 1. The quantitative estimate of drug-likeness (QED) is 0.466. The molecule has 0 N–H and O–H groups in total. The van der Waals surface area contributed by atoms with Gasteiger partial charge in [0.05, 0.1) is 12.6 Å². The predicted octanol–water partition coefficient (Wildman–Crippen LogP) is -0.945. The van der Waals surface area contributed by atoms with Crippen molar-refractivity contribution in [1.82, 2.24) is 0 Å². The average molecular weight is 211 g/mol. The van der Waals surface area contributed by atoms with Gasteiger partial charge in [0, 0.05) is 5.75 Å². The molecule has 4 heteroatoms. The van der Waals surface area contributed by atoms with Crippen LogP contribution in [0, 0.1) is 6.07 Å². The Morgan fingerprint density at radius 3 is 2.62 bits per heavy atom. The topological polar surface area (TPSA) is 30.8 Å². The molecule has 0 saturated heterocycles. The van der Waals surface area contributed by atoms with Gasteiger partial charge >= 0.3 is 18.9 Å². The summed E-state index contributed by atoms with van der Waals surface area (Å²) in [4.78, 5) is 4.47. The zero-order valence-corrected chi connectivity index (χ0v) is 10.2. The Labute approximate surface area is 108 Å². The summed E-state index contributed by atoms with van der Waals surface area (Å²) in [5, 5.41) is 0. The minimum Gasteiger partial charge on any atom is -0.540 e. The van der Waals surface area contributed by atoms with E-state index in [9.17, 15) is 0 Å². The third kappa shape index (κ3) is 2.81. The van der Waals surface area contributed by atoms with Gasteiger partial charge in [-0.3, -0.25) is 4.99 Å². The second-order valence-corrected chi connectivity index (χ2v) is 4.16. The number of hydrogen-bond acceptors (Lipinski definition) is 3. The van der Waals surface area contributed by atoms with Crippen molar-refractivity contribution >= 4 is 5.90 Å². The molecule has 0 spiro atoms. The Balaban J connectivity index is 0.00000128. The third-order valence-electron chi connectivity index (χ3n) is 2.22. The van der Waals surface area contributed by atoms with E-state index < -0.39 is 0 Å². The van der Waals surface area contributed by atoms with E-state index in [0.29, 0.717) is 12.5 Å².